The number of amides is 1. The van der Waals surface area contributed by atoms with Crippen molar-refractivity contribution in [2.75, 3.05) is 7.11 Å². The molecular weight excluding hydrogens is 386 g/mol. The van der Waals surface area contributed by atoms with Gasteiger partial charge in [0, 0.05) is 21.6 Å². The predicted molar refractivity (Wildman–Crippen MR) is 97.1 cm³/mol. The molecule has 0 aromatic heterocycles. The highest BCUT2D eigenvalue weighted by atomic mass is 79.9. The molecule has 1 fully saturated rings. The molecule has 1 saturated carbocycles. The van der Waals surface area contributed by atoms with Crippen LogP contribution in [0.5, 0.6) is 11.5 Å². The van der Waals surface area contributed by atoms with E-state index in [2.05, 4.69) is 21.2 Å². The smallest absolute Gasteiger partial charge is 0.266 e. The van der Waals surface area contributed by atoms with Crippen molar-refractivity contribution in [3.05, 3.63) is 58.1 Å². The lowest BCUT2D eigenvalue weighted by Crippen LogP contribution is -2.34. The number of carbonyl (C=O) groups is 2. The Morgan fingerprint density at radius 3 is 2.56 bits per heavy atom. The van der Waals surface area contributed by atoms with Crippen LogP contribution in [0.15, 0.2) is 46.9 Å². The van der Waals surface area contributed by atoms with Crippen molar-refractivity contribution in [1.29, 1.82) is 0 Å². The van der Waals surface area contributed by atoms with Crippen LogP contribution >= 0.6 is 15.9 Å². The summed E-state index contributed by atoms with van der Waals surface area (Å²) in [7, 11) is 1.51. The molecule has 0 unspecified atom stereocenters. The number of carbonyl (C=O) groups excluding carboxylic acids is 2. The van der Waals surface area contributed by atoms with E-state index in [1.165, 1.54) is 7.11 Å². The Morgan fingerprint density at radius 2 is 1.96 bits per heavy atom. The third-order valence-electron chi connectivity index (χ3n) is 3.92. The molecular formula is C19H18BrNO4. The molecule has 0 aliphatic heterocycles. The van der Waals surface area contributed by atoms with Crippen LogP contribution in [0.4, 0.5) is 0 Å². The van der Waals surface area contributed by atoms with Gasteiger partial charge in [-0.2, -0.15) is 0 Å². The first-order valence-electron chi connectivity index (χ1n) is 7.97. The minimum absolute atomic E-state index is 0.202. The maximum atomic E-state index is 12.7. The fourth-order valence-electron chi connectivity index (χ4n) is 2.43. The highest BCUT2D eigenvalue weighted by Gasteiger charge is 2.30. The zero-order chi connectivity index (χ0) is 17.8. The minimum atomic E-state index is -0.823. The molecule has 0 heterocycles. The third-order valence-corrected chi connectivity index (χ3v) is 4.61. The van der Waals surface area contributed by atoms with Gasteiger partial charge < -0.3 is 14.8 Å². The van der Waals surface area contributed by atoms with Crippen LogP contribution < -0.4 is 14.8 Å². The second-order valence-electron chi connectivity index (χ2n) is 5.83. The predicted octanol–water partition coefficient (Wildman–Crippen LogP) is 3.67. The Bertz CT molecular complexity index is 774. The standard InChI is InChI=1S/C19H18BrNO4/c1-24-16-10-15(20)13(11-22)9-17(16)25-18(12-5-3-2-4-6-12)19(23)21-14-7-8-14/h2-6,9-11,14,18H,7-8H2,1H3,(H,21,23)/t18-/m1/s1. The van der Waals surface area contributed by atoms with Crippen LogP contribution in [-0.2, 0) is 4.79 Å². The number of aldehydes is 1. The summed E-state index contributed by atoms with van der Waals surface area (Å²) in [6.45, 7) is 0. The van der Waals surface area contributed by atoms with Gasteiger partial charge in [-0.25, -0.2) is 0 Å². The van der Waals surface area contributed by atoms with Crippen molar-refractivity contribution in [1.82, 2.24) is 5.32 Å². The molecule has 1 atom stereocenters. The number of nitrogens with one attached hydrogen (secondary N) is 1. The van der Waals surface area contributed by atoms with Crippen LogP contribution in [0, 0.1) is 0 Å². The minimum Gasteiger partial charge on any atom is -0.493 e. The summed E-state index contributed by atoms with van der Waals surface area (Å²) in [6, 6.07) is 12.7. The third kappa shape index (κ3) is 4.20. The van der Waals surface area contributed by atoms with Gasteiger partial charge >= 0.3 is 0 Å². The summed E-state index contributed by atoms with van der Waals surface area (Å²) < 4.78 is 11.9. The van der Waals surface area contributed by atoms with E-state index in [0.717, 1.165) is 24.7 Å². The molecule has 5 nitrogen and oxygen atoms in total. The normalized spacial score (nSPS) is 14.5. The summed E-state index contributed by atoms with van der Waals surface area (Å²) in [6.07, 6.45) is 1.88. The van der Waals surface area contributed by atoms with E-state index in [-0.39, 0.29) is 11.9 Å². The number of hydrogen-bond acceptors (Lipinski definition) is 4. The molecule has 0 spiro atoms. The maximum Gasteiger partial charge on any atom is 0.266 e. The molecule has 130 valence electrons. The van der Waals surface area contributed by atoms with E-state index < -0.39 is 6.10 Å². The van der Waals surface area contributed by atoms with Crippen molar-refractivity contribution in [2.24, 2.45) is 0 Å². The topological polar surface area (TPSA) is 64.6 Å². The van der Waals surface area contributed by atoms with Gasteiger partial charge in [0.15, 0.2) is 17.8 Å². The fourth-order valence-corrected chi connectivity index (χ4v) is 2.84. The average Bonchev–Trinajstić information content (AvgIpc) is 3.44. The zero-order valence-electron chi connectivity index (χ0n) is 13.7. The van der Waals surface area contributed by atoms with Gasteiger partial charge in [-0.1, -0.05) is 30.3 Å². The lowest BCUT2D eigenvalue weighted by molar-refractivity contribution is -0.128. The van der Waals surface area contributed by atoms with Gasteiger partial charge in [0.05, 0.1) is 7.11 Å². The van der Waals surface area contributed by atoms with Crippen LogP contribution in [0.25, 0.3) is 0 Å². The Morgan fingerprint density at radius 1 is 1.24 bits per heavy atom. The maximum absolute atomic E-state index is 12.7. The van der Waals surface area contributed by atoms with Crippen LogP contribution in [0.1, 0.15) is 34.9 Å². The van der Waals surface area contributed by atoms with Crippen LogP contribution in [-0.4, -0.2) is 25.3 Å². The number of rotatable bonds is 7. The second kappa shape index (κ2) is 7.70. The Labute approximate surface area is 154 Å². The molecule has 2 aromatic rings. The molecule has 1 aliphatic carbocycles. The van der Waals surface area contributed by atoms with Gasteiger partial charge in [-0.15, -0.1) is 0 Å². The van der Waals surface area contributed by atoms with E-state index in [1.54, 1.807) is 12.1 Å². The Kier molecular flexibility index (Phi) is 5.38. The van der Waals surface area contributed by atoms with Crippen LogP contribution in [0.2, 0.25) is 0 Å². The summed E-state index contributed by atoms with van der Waals surface area (Å²) in [5.41, 5.74) is 1.16. The van der Waals surface area contributed by atoms with E-state index in [0.29, 0.717) is 21.5 Å². The first-order chi connectivity index (χ1) is 12.1. The summed E-state index contributed by atoms with van der Waals surface area (Å²) >= 11 is 3.32. The van der Waals surface area contributed by atoms with Crippen molar-refractivity contribution in [3.63, 3.8) is 0 Å². The van der Waals surface area contributed by atoms with Gasteiger partial charge in [0.1, 0.15) is 0 Å². The molecule has 6 heteroatoms. The van der Waals surface area contributed by atoms with Crippen molar-refractivity contribution >= 4 is 28.1 Å². The number of ether oxygens (including phenoxy) is 2. The Balaban J connectivity index is 1.94. The number of halogens is 1. The van der Waals surface area contributed by atoms with Crippen molar-refractivity contribution < 1.29 is 19.1 Å². The number of benzene rings is 2. The van der Waals surface area contributed by atoms with Crippen molar-refractivity contribution in [2.45, 2.75) is 25.0 Å². The fraction of sp³-hybridized carbons (Fsp3) is 0.263. The highest BCUT2D eigenvalue weighted by Crippen LogP contribution is 2.36. The second-order valence-corrected chi connectivity index (χ2v) is 6.69. The average molecular weight is 404 g/mol. The molecule has 1 aliphatic rings. The summed E-state index contributed by atoms with van der Waals surface area (Å²) in [5, 5.41) is 2.97. The number of hydrogen-bond donors (Lipinski definition) is 1. The first-order valence-corrected chi connectivity index (χ1v) is 8.76. The lowest BCUT2D eigenvalue weighted by atomic mass is 10.1. The van der Waals surface area contributed by atoms with Crippen LogP contribution in [0.3, 0.4) is 0 Å². The first kappa shape index (κ1) is 17.5. The molecule has 1 N–H and O–H groups in total. The highest BCUT2D eigenvalue weighted by molar-refractivity contribution is 9.10. The Hall–Kier alpha value is -2.34. The van der Waals surface area contributed by atoms with E-state index in [9.17, 15) is 9.59 Å². The van der Waals surface area contributed by atoms with E-state index in [4.69, 9.17) is 9.47 Å². The molecule has 1 amide bonds. The molecule has 0 radical (unpaired) electrons. The van der Waals surface area contributed by atoms with E-state index in [1.807, 2.05) is 30.3 Å². The van der Waals surface area contributed by atoms with Gasteiger partial charge in [0.2, 0.25) is 6.10 Å². The number of methoxy groups -OCH3 is 1. The van der Waals surface area contributed by atoms with E-state index >= 15 is 0 Å². The monoisotopic (exact) mass is 403 g/mol. The largest absolute Gasteiger partial charge is 0.493 e. The molecule has 2 aromatic carbocycles. The zero-order valence-corrected chi connectivity index (χ0v) is 15.3. The van der Waals surface area contributed by atoms with Gasteiger partial charge in [0.25, 0.3) is 5.91 Å². The SMILES string of the molecule is COc1cc(Br)c(C=O)cc1O[C@@H](C(=O)NC1CC1)c1ccccc1. The van der Waals surface area contributed by atoms with Crippen molar-refractivity contribution in [3.8, 4) is 11.5 Å². The summed E-state index contributed by atoms with van der Waals surface area (Å²) in [5.74, 6) is 0.580. The quantitative estimate of drug-likeness (QED) is 0.716. The molecule has 3 rings (SSSR count). The summed E-state index contributed by atoms with van der Waals surface area (Å²) in [4.78, 5) is 23.9. The van der Waals surface area contributed by atoms with Gasteiger partial charge in [-0.05, 0) is 40.9 Å². The lowest BCUT2D eigenvalue weighted by Gasteiger charge is -2.21. The molecule has 25 heavy (non-hydrogen) atoms. The van der Waals surface area contributed by atoms with Gasteiger partial charge in [-0.3, -0.25) is 9.59 Å². The molecule has 0 bridgehead atoms. The molecule has 0 saturated heterocycles.